The van der Waals surface area contributed by atoms with Gasteiger partial charge in [0.1, 0.15) is 5.75 Å². The van der Waals surface area contributed by atoms with Crippen LogP contribution >= 0.6 is 0 Å². The summed E-state index contributed by atoms with van der Waals surface area (Å²) in [6, 6.07) is 7.85. The van der Waals surface area contributed by atoms with Crippen LogP contribution in [-0.4, -0.2) is 18.2 Å². The molecule has 0 aromatic heterocycles. The van der Waals surface area contributed by atoms with Crippen LogP contribution < -0.4 is 10.2 Å². The number of nitrogens with one attached hydrogen (secondary N) is 1. The fraction of sp³-hybridized carbons (Fsp3) is 0.529. The molecule has 0 heterocycles. The zero-order valence-corrected chi connectivity index (χ0v) is 13.3. The second-order valence-corrected chi connectivity index (χ2v) is 6.63. The second kappa shape index (κ2) is 6.29. The minimum absolute atomic E-state index is 0.0175. The summed E-state index contributed by atoms with van der Waals surface area (Å²) in [5.74, 6) is 1.03. The van der Waals surface area contributed by atoms with E-state index in [1.54, 1.807) is 0 Å². The normalized spacial score (nSPS) is 15.7. The first-order valence-electron chi connectivity index (χ1n) is 7.42. The van der Waals surface area contributed by atoms with Gasteiger partial charge in [-0.25, -0.2) is 5.43 Å². The van der Waals surface area contributed by atoms with E-state index in [0.717, 1.165) is 5.71 Å². The Kier molecular flexibility index (Phi) is 4.66. The van der Waals surface area contributed by atoms with Crippen molar-refractivity contribution in [3.05, 3.63) is 29.8 Å². The monoisotopic (exact) mass is 288 g/mol. The molecule has 0 radical (unpaired) electrons. The molecular formula is C17H24N2O2. The van der Waals surface area contributed by atoms with Crippen LogP contribution in [0, 0.1) is 5.92 Å². The number of amides is 1. The first kappa shape index (κ1) is 15.5. The summed E-state index contributed by atoms with van der Waals surface area (Å²) in [4.78, 5) is 11.6. The molecule has 1 aromatic rings. The van der Waals surface area contributed by atoms with Crippen LogP contribution in [0.3, 0.4) is 0 Å². The number of hydrogen-bond acceptors (Lipinski definition) is 3. The Bertz CT molecular complexity index is 523. The van der Waals surface area contributed by atoms with Crippen LogP contribution in [0.25, 0.3) is 0 Å². The highest BCUT2D eigenvalue weighted by Crippen LogP contribution is 2.30. The van der Waals surface area contributed by atoms with Gasteiger partial charge < -0.3 is 4.74 Å². The van der Waals surface area contributed by atoms with Gasteiger partial charge in [-0.2, -0.15) is 5.10 Å². The molecule has 1 amide bonds. The van der Waals surface area contributed by atoms with Crippen molar-refractivity contribution < 1.29 is 9.53 Å². The summed E-state index contributed by atoms with van der Waals surface area (Å²) in [6.07, 6.45) is 2.36. The van der Waals surface area contributed by atoms with Crippen molar-refractivity contribution in [3.8, 4) is 5.75 Å². The summed E-state index contributed by atoms with van der Waals surface area (Å²) in [6.45, 7) is 8.42. The summed E-state index contributed by atoms with van der Waals surface area (Å²) in [5, 5.41) is 4.08. The molecule has 0 unspecified atom stereocenters. The van der Waals surface area contributed by atoms with Gasteiger partial charge in [0, 0.05) is 5.71 Å². The molecule has 1 fully saturated rings. The fourth-order valence-corrected chi connectivity index (χ4v) is 1.98. The van der Waals surface area contributed by atoms with Gasteiger partial charge >= 0.3 is 0 Å². The maximum absolute atomic E-state index is 11.6. The number of ether oxygens (including phenoxy) is 1. The zero-order chi connectivity index (χ0) is 15.5. The molecule has 0 aliphatic heterocycles. The second-order valence-electron chi connectivity index (χ2n) is 6.63. The van der Waals surface area contributed by atoms with E-state index in [1.165, 1.54) is 18.4 Å². The lowest BCUT2D eigenvalue weighted by atomic mass is 9.87. The fourth-order valence-electron chi connectivity index (χ4n) is 1.98. The Balaban J connectivity index is 1.79. The highest BCUT2D eigenvalue weighted by molar-refractivity contribution is 5.88. The zero-order valence-electron chi connectivity index (χ0n) is 13.3. The van der Waals surface area contributed by atoms with E-state index < -0.39 is 0 Å². The highest BCUT2D eigenvalue weighted by Gasteiger charge is 2.24. The molecule has 1 saturated carbocycles. The molecule has 0 atom stereocenters. The third-order valence-corrected chi connectivity index (χ3v) is 3.62. The Morgan fingerprint density at radius 2 is 1.90 bits per heavy atom. The number of hydrazone groups is 1. The Hall–Kier alpha value is -1.84. The molecule has 0 saturated heterocycles. The Morgan fingerprint density at radius 1 is 1.29 bits per heavy atom. The summed E-state index contributed by atoms with van der Waals surface area (Å²) in [5.41, 5.74) is 4.89. The molecule has 1 aliphatic carbocycles. The molecule has 2 rings (SSSR count). The third kappa shape index (κ3) is 4.88. The van der Waals surface area contributed by atoms with Crippen molar-refractivity contribution in [3.63, 3.8) is 0 Å². The van der Waals surface area contributed by atoms with Crippen molar-refractivity contribution in [2.24, 2.45) is 11.0 Å². The van der Waals surface area contributed by atoms with Crippen molar-refractivity contribution in [1.29, 1.82) is 0 Å². The molecule has 0 bridgehead atoms. The van der Waals surface area contributed by atoms with Crippen molar-refractivity contribution in [1.82, 2.24) is 5.43 Å². The molecular weight excluding hydrogens is 264 g/mol. The van der Waals surface area contributed by atoms with Gasteiger partial charge in [-0.1, -0.05) is 32.9 Å². The van der Waals surface area contributed by atoms with Gasteiger partial charge in [0.05, 0.1) is 0 Å². The van der Waals surface area contributed by atoms with E-state index in [0.29, 0.717) is 11.7 Å². The Morgan fingerprint density at radius 3 is 2.43 bits per heavy atom. The van der Waals surface area contributed by atoms with Crippen molar-refractivity contribution in [2.45, 2.75) is 46.0 Å². The van der Waals surface area contributed by atoms with Gasteiger partial charge in [0.25, 0.3) is 5.91 Å². The van der Waals surface area contributed by atoms with Crippen LogP contribution in [0.15, 0.2) is 29.4 Å². The predicted octanol–water partition coefficient (Wildman–Crippen LogP) is 3.27. The molecule has 114 valence electrons. The van der Waals surface area contributed by atoms with E-state index in [9.17, 15) is 4.79 Å². The number of carbonyl (C=O) groups excluding carboxylic acids is 1. The average Bonchev–Trinajstić information content (AvgIpc) is 3.26. The van der Waals surface area contributed by atoms with E-state index >= 15 is 0 Å². The number of nitrogens with zero attached hydrogens (tertiary/aromatic N) is 1. The SMILES string of the molecule is C/C(=N/NC(=O)COc1ccc(C(C)(C)C)cc1)C1CC1. The van der Waals surface area contributed by atoms with E-state index in [-0.39, 0.29) is 17.9 Å². The summed E-state index contributed by atoms with van der Waals surface area (Å²) < 4.78 is 5.46. The average molecular weight is 288 g/mol. The first-order valence-corrected chi connectivity index (χ1v) is 7.42. The predicted molar refractivity (Wildman–Crippen MR) is 84.6 cm³/mol. The minimum atomic E-state index is -0.227. The lowest BCUT2D eigenvalue weighted by molar-refractivity contribution is -0.123. The molecule has 1 aliphatic rings. The third-order valence-electron chi connectivity index (χ3n) is 3.62. The topological polar surface area (TPSA) is 50.7 Å². The van der Waals surface area contributed by atoms with Gasteiger partial charge in [0.15, 0.2) is 6.61 Å². The lowest BCUT2D eigenvalue weighted by Crippen LogP contribution is -2.25. The highest BCUT2D eigenvalue weighted by atomic mass is 16.5. The maximum atomic E-state index is 11.6. The van der Waals surface area contributed by atoms with Crippen molar-refractivity contribution >= 4 is 11.6 Å². The number of benzene rings is 1. The van der Waals surface area contributed by atoms with Gasteiger partial charge in [0.2, 0.25) is 0 Å². The van der Waals surface area contributed by atoms with Crippen LogP contribution in [-0.2, 0) is 10.2 Å². The molecule has 1 N–H and O–H groups in total. The van der Waals surface area contributed by atoms with Gasteiger partial charge in [-0.05, 0) is 48.8 Å². The van der Waals surface area contributed by atoms with Crippen LogP contribution in [0.2, 0.25) is 0 Å². The maximum Gasteiger partial charge on any atom is 0.277 e. The molecule has 0 spiro atoms. The standard InChI is InChI=1S/C17H24N2O2/c1-12(13-5-6-13)18-19-16(20)11-21-15-9-7-14(8-10-15)17(2,3)4/h7-10,13H,5-6,11H2,1-4H3,(H,19,20)/b18-12-. The lowest BCUT2D eigenvalue weighted by Gasteiger charge is -2.19. The minimum Gasteiger partial charge on any atom is -0.484 e. The van der Waals surface area contributed by atoms with Crippen LogP contribution in [0.4, 0.5) is 0 Å². The first-order chi connectivity index (χ1) is 9.86. The van der Waals surface area contributed by atoms with Gasteiger partial charge in [-0.3, -0.25) is 4.79 Å². The largest absolute Gasteiger partial charge is 0.484 e. The van der Waals surface area contributed by atoms with E-state index in [4.69, 9.17) is 4.74 Å². The summed E-state index contributed by atoms with van der Waals surface area (Å²) >= 11 is 0. The quantitative estimate of drug-likeness (QED) is 0.668. The van der Waals surface area contributed by atoms with E-state index in [1.807, 2.05) is 31.2 Å². The molecule has 21 heavy (non-hydrogen) atoms. The molecule has 4 heteroatoms. The van der Waals surface area contributed by atoms with Crippen LogP contribution in [0.1, 0.15) is 46.1 Å². The van der Waals surface area contributed by atoms with Gasteiger partial charge in [-0.15, -0.1) is 0 Å². The Labute approximate surface area is 126 Å². The molecule has 4 nitrogen and oxygen atoms in total. The number of rotatable bonds is 5. The number of carbonyl (C=O) groups is 1. The molecule has 1 aromatic carbocycles. The summed E-state index contributed by atoms with van der Waals surface area (Å²) in [7, 11) is 0. The number of hydrogen-bond donors (Lipinski definition) is 1. The van der Waals surface area contributed by atoms with Crippen LogP contribution in [0.5, 0.6) is 5.75 Å². The van der Waals surface area contributed by atoms with E-state index in [2.05, 4.69) is 31.3 Å². The van der Waals surface area contributed by atoms with Crippen molar-refractivity contribution in [2.75, 3.05) is 6.61 Å². The smallest absolute Gasteiger partial charge is 0.277 e.